The van der Waals surface area contributed by atoms with E-state index in [0.29, 0.717) is 23.7 Å². The van der Waals surface area contributed by atoms with Crippen LogP contribution in [0.1, 0.15) is 38.5 Å². The van der Waals surface area contributed by atoms with Crippen LogP contribution in [0.3, 0.4) is 0 Å². The molecule has 0 aromatic carbocycles. The van der Waals surface area contributed by atoms with Crippen LogP contribution in [0.4, 0.5) is 4.79 Å². The number of ether oxygens (including phenoxy) is 3. The molecule has 0 aliphatic carbocycles. The van der Waals surface area contributed by atoms with Crippen LogP contribution in [-0.4, -0.2) is 118 Å². The van der Waals surface area contributed by atoms with Crippen molar-refractivity contribution in [2.24, 2.45) is 0 Å². The molecule has 3 saturated heterocycles. The number of carbonyl (C=O) groups excluding carboxylic acids is 3. The van der Waals surface area contributed by atoms with Gasteiger partial charge in [-0.1, -0.05) is 11.5 Å². The zero-order chi connectivity index (χ0) is 28.2. The average molecular weight is 600 g/mol. The van der Waals surface area contributed by atoms with Gasteiger partial charge in [-0.3, -0.25) is 9.59 Å². The van der Waals surface area contributed by atoms with Crippen LogP contribution in [0.25, 0.3) is 0 Å². The standard InChI is InChI=1S/C22H37N3O12S2/c26-15(5-2-1-4-14-17-12(10-38-14)24-22(31)25-17)23-7-6-16(27)33-8-3-9-34-21-20(30)19(29)18(28)13(35-21)11-39-37-36-32/h12-14,17-21,28-30,32H,1-11H2,(H,23,26)(H2,24,25,31)/t12-,13?,14-,17-,18?,19?,20?,21?/m0/s1. The van der Waals surface area contributed by atoms with Crippen LogP contribution < -0.4 is 16.0 Å². The van der Waals surface area contributed by atoms with Crippen LogP contribution in [0.2, 0.25) is 0 Å². The summed E-state index contributed by atoms with van der Waals surface area (Å²) >= 11 is 2.46. The first-order valence-corrected chi connectivity index (χ1v) is 14.8. The zero-order valence-electron chi connectivity index (χ0n) is 21.3. The van der Waals surface area contributed by atoms with Crippen molar-refractivity contribution in [1.82, 2.24) is 16.0 Å². The number of urea groups is 1. The molecule has 17 heteroatoms. The van der Waals surface area contributed by atoms with Gasteiger partial charge in [0.25, 0.3) is 0 Å². The van der Waals surface area contributed by atoms with Crippen molar-refractivity contribution in [1.29, 1.82) is 0 Å². The number of rotatable bonds is 17. The molecule has 3 aliphatic rings. The van der Waals surface area contributed by atoms with E-state index in [9.17, 15) is 29.7 Å². The molecule has 3 aliphatic heterocycles. The highest BCUT2D eigenvalue weighted by Crippen LogP contribution is 2.33. The lowest BCUT2D eigenvalue weighted by Gasteiger charge is -2.39. The van der Waals surface area contributed by atoms with Gasteiger partial charge in [0.05, 0.1) is 37.5 Å². The normalized spacial score (nSPS) is 31.8. The number of amides is 3. The van der Waals surface area contributed by atoms with Crippen molar-refractivity contribution in [3.63, 3.8) is 0 Å². The zero-order valence-corrected chi connectivity index (χ0v) is 22.9. The molecule has 0 saturated carbocycles. The number of aliphatic hydroxyl groups excluding tert-OH is 3. The summed E-state index contributed by atoms with van der Waals surface area (Å²) in [5.41, 5.74) is 0. The van der Waals surface area contributed by atoms with Crippen LogP contribution in [-0.2, 0) is 33.2 Å². The Balaban J connectivity index is 1.17. The number of esters is 1. The van der Waals surface area contributed by atoms with Gasteiger partial charge in [0.2, 0.25) is 5.91 Å². The van der Waals surface area contributed by atoms with E-state index in [-0.39, 0.29) is 62.4 Å². The van der Waals surface area contributed by atoms with Gasteiger partial charge in [0.1, 0.15) is 24.4 Å². The van der Waals surface area contributed by atoms with Gasteiger partial charge >= 0.3 is 12.0 Å². The van der Waals surface area contributed by atoms with E-state index in [4.69, 9.17) is 19.5 Å². The highest BCUT2D eigenvalue weighted by Gasteiger charge is 2.44. The second kappa shape index (κ2) is 16.8. The Morgan fingerprint density at radius 3 is 2.69 bits per heavy atom. The molecule has 3 rings (SSSR count). The Morgan fingerprint density at radius 1 is 1.08 bits per heavy atom. The Labute approximate surface area is 234 Å². The number of unbranched alkanes of at least 4 members (excludes halogenated alkanes) is 1. The molecule has 0 aromatic heterocycles. The molecule has 7 N–H and O–H groups in total. The van der Waals surface area contributed by atoms with E-state index >= 15 is 0 Å². The van der Waals surface area contributed by atoms with Gasteiger partial charge in [-0.2, -0.15) is 11.8 Å². The summed E-state index contributed by atoms with van der Waals surface area (Å²) in [6, 6.07) is 0.247. The summed E-state index contributed by atoms with van der Waals surface area (Å²) in [5.74, 6) is 0.267. The third-order valence-corrected chi connectivity index (χ3v) is 8.68. The molecule has 0 radical (unpaired) electrons. The number of aliphatic hydroxyl groups is 3. The number of nitrogens with one attached hydrogen (secondary N) is 3. The SMILES string of the molecule is O=C(CCCC[C@@H]1SC[C@@H]2NC(=O)N[C@@H]21)NCCC(=O)OCCCOC1OC(CSOOO)C(O)C(O)C1O. The first-order valence-electron chi connectivity index (χ1n) is 12.8. The fourth-order valence-electron chi connectivity index (χ4n) is 4.49. The summed E-state index contributed by atoms with van der Waals surface area (Å²) in [6.07, 6.45) is -3.41. The minimum atomic E-state index is -1.52. The molecule has 5 unspecified atom stereocenters. The van der Waals surface area contributed by atoms with Gasteiger partial charge in [-0.05, 0) is 12.8 Å². The molecule has 15 nitrogen and oxygen atoms in total. The van der Waals surface area contributed by atoms with Gasteiger partial charge in [0, 0.05) is 42.4 Å². The second-order valence-electron chi connectivity index (χ2n) is 9.35. The molecule has 8 atom stereocenters. The van der Waals surface area contributed by atoms with E-state index in [1.165, 1.54) is 0 Å². The number of hydrogen-bond acceptors (Lipinski definition) is 14. The maximum Gasteiger partial charge on any atom is 0.315 e. The summed E-state index contributed by atoms with van der Waals surface area (Å²) in [4.78, 5) is 35.3. The minimum absolute atomic E-state index is 0.0224. The molecule has 0 spiro atoms. The third-order valence-electron chi connectivity index (χ3n) is 6.55. The Kier molecular flexibility index (Phi) is 13.8. The van der Waals surface area contributed by atoms with Gasteiger partial charge < -0.3 is 45.5 Å². The number of fused-ring (bicyclic) bond motifs is 1. The number of hydrogen-bond donors (Lipinski definition) is 7. The van der Waals surface area contributed by atoms with Crippen molar-refractivity contribution < 1.29 is 58.5 Å². The second-order valence-corrected chi connectivity index (χ2v) is 11.3. The summed E-state index contributed by atoms with van der Waals surface area (Å²) in [5, 5.41) is 50.5. The first-order chi connectivity index (χ1) is 18.8. The Bertz CT molecular complexity index is 799. The largest absolute Gasteiger partial charge is 0.466 e. The quantitative estimate of drug-likeness (QED) is 0.0268. The molecule has 39 heavy (non-hydrogen) atoms. The molecule has 0 bridgehead atoms. The number of carbonyl (C=O) groups is 3. The third kappa shape index (κ3) is 10.2. The van der Waals surface area contributed by atoms with E-state index < -0.39 is 36.7 Å². The highest BCUT2D eigenvalue weighted by atomic mass is 32.2. The van der Waals surface area contributed by atoms with E-state index in [1.807, 2.05) is 11.8 Å². The first kappa shape index (κ1) is 32.1. The smallest absolute Gasteiger partial charge is 0.315 e. The maximum atomic E-state index is 12.0. The lowest BCUT2D eigenvalue weighted by Crippen LogP contribution is -2.58. The predicted octanol–water partition coefficient (Wildman–Crippen LogP) is -0.955. The molecule has 3 amide bonds. The van der Waals surface area contributed by atoms with E-state index in [0.717, 1.165) is 25.0 Å². The molecule has 0 aromatic rings. The summed E-state index contributed by atoms with van der Waals surface area (Å²) < 4.78 is 20.2. The lowest BCUT2D eigenvalue weighted by molar-refractivity contribution is -0.432. The summed E-state index contributed by atoms with van der Waals surface area (Å²) in [6.45, 7) is 0.244. The van der Waals surface area contributed by atoms with Crippen molar-refractivity contribution in [2.75, 3.05) is 31.3 Å². The topological polar surface area (TPSA) is 214 Å². The lowest BCUT2D eigenvalue weighted by atomic mass is 10.00. The van der Waals surface area contributed by atoms with Crippen molar-refractivity contribution in [3.05, 3.63) is 0 Å². The fraction of sp³-hybridized carbons (Fsp3) is 0.864. The van der Waals surface area contributed by atoms with Gasteiger partial charge in [-0.25, -0.2) is 10.1 Å². The maximum absolute atomic E-state index is 12.0. The van der Waals surface area contributed by atoms with Crippen LogP contribution in [0, 0.1) is 0 Å². The molecular weight excluding hydrogens is 562 g/mol. The van der Waals surface area contributed by atoms with Gasteiger partial charge in [-0.15, -0.1) is 4.33 Å². The van der Waals surface area contributed by atoms with Gasteiger partial charge in [0.15, 0.2) is 6.29 Å². The molecular formula is C22H37N3O12S2. The van der Waals surface area contributed by atoms with E-state index in [2.05, 4.69) is 25.3 Å². The van der Waals surface area contributed by atoms with Crippen molar-refractivity contribution in [2.45, 2.75) is 86.6 Å². The Hall–Kier alpha value is -1.41. The Morgan fingerprint density at radius 2 is 1.90 bits per heavy atom. The van der Waals surface area contributed by atoms with Crippen LogP contribution in [0.15, 0.2) is 0 Å². The molecule has 224 valence electrons. The predicted molar refractivity (Wildman–Crippen MR) is 137 cm³/mol. The monoisotopic (exact) mass is 599 g/mol. The van der Waals surface area contributed by atoms with Crippen LogP contribution >= 0.6 is 23.8 Å². The highest BCUT2D eigenvalue weighted by molar-refractivity contribution is 8.00. The van der Waals surface area contributed by atoms with E-state index in [1.54, 1.807) is 0 Å². The number of thioether (sulfide) groups is 1. The van der Waals surface area contributed by atoms with Crippen molar-refractivity contribution in [3.8, 4) is 0 Å². The van der Waals surface area contributed by atoms with Crippen LogP contribution in [0.5, 0.6) is 0 Å². The van der Waals surface area contributed by atoms with Crippen molar-refractivity contribution >= 4 is 41.7 Å². The fourth-order valence-corrected chi connectivity index (χ4v) is 6.54. The summed E-state index contributed by atoms with van der Waals surface area (Å²) in [7, 11) is 0. The minimum Gasteiger partial charge on any atom is -0.466 e. The molecule has 3 heterocycles. The molecule has 3 fully saturated rings. The average Bonchev–Trinajstić information content (AvgIpc) is 3.46.